The van der Waals surface area contributed by atoms with Gasteiger partial charge in [-0.15, -0.1) is 8.42 Å². The molecule has 0 saturated heterocycles. The number of benzene rings is 1. The number of fused-ring (bicyclic) bond motifs is 1. The molecule has 1 aromatic rings. The van der Waals surface area contributed by atoms with Crippen LogP contribution in [-0.4, -0.2) is 8.42 Å². The van der Waals surface area contributed by atoms with E-state index in [2.05, 4.69) is 8.37 Å². The molecule has 2 rings (SSSR count). The van der Waals surface area contributed by atoms with Gasteiger partial charge in [0, 0.05) is 0 Å². The summed E-state index contributed by atoms with van der Waals surface area (Å²) >= 11 is 10.9. The van der Waals surface area contributed by atoms with E-state index in [0.717, 1.165) is 0 Å². The van der Waals surface area contributed by atoms with Crippen molar-refractivity contribution in [3.05, 3.63) is 15.9 Å². The molecule has 1 aliphatic rings. The van der Waals surface area contributed by atoms with Crippen LogP contribution in [0, 0.1) is 5.82 Å². The first-order chi connectivity index (χ1) is 6.83. The molecule has 0 atom stereocenters. The Bertz CT molecular complexity index is 516. The normalized spacial score (nSPS) is 16.7. The number of hydrogen-bond acceptors (Lipinski definition) is 5. The van der Waals surface area contributed by atoms with Crippen molar-refractivity contribution in [2.45, 2.75) is 0 Å². The lowest BCUT2D eigenvalue weighted by molar-refractivity contribution is 0.436. The quantitative estimate of drug-likeness (QED) is 0.575. The molecule has 2 N–H and O–H groups in total. The van der Waals surface area contributed by atoms with Crippen molar-refractivity contribution in [2.75, 3.05) is 5.73 Å². The summed E-state index contributed by atoms with van der Waals surface area (Å²) in [6.07, 6.45) is 0. The highest BCUT2D eigenvalue weighted by molar-refractivity contribution is 7.82. The van der Waals surface area contributed by atoms with Crippen LogP contribution in [0.5, 0.6) is 11.5 Å². The van der Waals surface area contributed by atoms with Crippen molar-refractivity contribution in [1.82, 2.24) is 0 Å². The fraction of sp³-hybridized carbons (Fsp3) is 0. The molecule has 0 aliphatic carbocycles. The Hall–Kier alpha value is -0.920. The van der Waals surface area contributed by atoms with E-state index in [1.807, 2.05) is 0 Å². The molecule has 1 aromatic carbocycles. The molecule has 0 aromatic heterocycles. The Balaban J connectivity index is 2.80. The van der Waals surface area contributed by atoms with Gasteiger partial charge in [-0.2, -0.15) is 0 Å². The second-order valence-electron chi connectivity index (χ2n) is 2.59. The monoisotopic (exact) mass is 273 g/mol. The van der Waals surface area contributed by atoms with Gasteiger partial charge in [-0.3, -0.25) is 0 Å². The van der Waals surface area contributed by atoms with Gasteiger partial charge in [-0.05, 0) is 0 Å². The number of rotatable bonds is 0. The highest BCUT2D eigenvalue weighted by atomic mass is 35.5. The van der Waals surface area contributed by atoms with Crippen molar-refractivity contribution < 1.29 is 21.2 Å². The Morgan fingerprint density at radius 1 is 1.13 bits per heavy atom. The number of nitrogens with two attached hydrogens (primary N) is 1. The summed E-state index contributed by atoms with van der Waals surface area (Å²) in [5.74, 6) is -1.95. The smallest absolute Gasteiger partial charge is 0.394 e. The van der Waals surface area contributed by atoms with E-state index in [4.69, 9.17) is 28.9 Å². The third-order valence-corrected chi connectivity index (χ3v) is 3.09. The van der Waals surface area contributed by atoms with E-state index >= 15 is 0 Å². The van der Waals surface area contributed by atoms with Crippen LogP contribution in [0.3, 0.4) is 0 Å². The summed E-state index contributed by atoms with van der Waals surface area (Å²) in [6, 6.07) is 0. The molecule has 5 nitrogen and oxygen atoms in total. The van der Waals surface area contributed by atoms with Crippen molar-refractivity contribution >= 4 is 39.3 Å². The maximum atomic E-state index is 13.2. The van der Waals surface area contributed by atoms with Crippen LogP contribution in [-0.2, 0) is 10.4 Å². The van der Waals surface area contributed by atoms with Crippen LogP contribution in [0.15, 0.2) is 0 Å². The minimum atomic E-state index is -4.27. The Morgan fingerprint density at radius 3 is 2.27 bits per heavy atom. The molecule has 0 fully saturated rings. The van der Waals surface area contributed by atoms with E-state index < -0.39 is 37.8 Å². The number of halogens is 3. The lowest BCUT2D eigenvalue weighted by atomic mass is 10.2. The molecule has 1 heterocycles. The minimum Gasteiger partial charge on any atom is -0.394 e. The third kappa shape index (κ3) is 1.47. The van der Waals surface area contributed by atoms with E-state index in [0.29, 0.717) is 0 Å². The summed E-state index contributed by atoms with van der Waals surface area (Å²) in [5.41, 5.74) is 4.94. The van der Waals surface area contributed by atoms with E-state index in [1.54, 1.807) is 0 Å². The maximum Gasteiger partial charge on any atom is 0.501 e. The molecular formula is C6H2Cl2FNO4S. The lowest BCUT2D eigenvalue weighted by Gasteiger charge is -2.04. The van der Waals surface area contributed by atoms with Gasteiger partial charge in [0.1, 0.15) is 15.7 Å². The van der Waals surface area contributed by atoms with Crippen molar-refractivity contribution in [3.63, 3.8) is 0 Å². The fourth-order valence-electron chi connectivity index (χ4n) is 1.01. The molecule has 0 radical (unpaired) electrons. The largest absolute Gasteiger partial charge is 0.501 e. The molecule has 0 unspecified atom stereocenters. The van der Waals surface area contributed by atoms with Crippen LogP contribution in [0.2, 0.25) is 10.0 Å². The average Bonchev–Trinajstić information content (AvgIpc) is 2.48. The maximum absolute atomic E-state index is 13.2. The first-order valence-corrected chi connectivity index (χ1v) is 5.52. The molecule has 9 heteroatoms. The summed E-state index contributed by atoms with van der Waals surface area (Å²) in [5, 5.41) is -1.11. The van der Waals surface area contributed by atoms with Gasteiger partial charge in [0.25, 0.3) is 0 Å². The van der Waals surface area contributed by atoms with E-state index in [-0.39, 0.29) is 5.69 Å². The number of nitrogen functional groups attached to an aromatic ring is 1. The Kier molecular flexibility index (Phi) is 2.14. The van der Waals surface area contributed by atoms with Crippen LogP contribution in [0.4, 0.5) is 10.1 Å². The summed E-state index contributed by atoms with van der Waals surface area (Å²) < 4.78 is 43.6. The molecule has 0 bridgehead atoms. The lowest BCUT2D eigenvalue weighted by Crippen LogP contribution is -2.08. The average molecular weight is 274 g/mol. The summed E-state index contributed by atoms with van der Waals surface area (Å²) in [7, 11) is -4.27. The van der Waals surface area contributed by atoms with Gasteiger partial charge < -0.3 is 14.1 Å². The van der Waals surface area contributed by atoms with Crippen LogP contribution in [0.25, 0.3) is 0 Å². The fourth-order valence-corrected chi connectivity index (χ4v) is 2.27. The van der Waals surface area contributed by atoms with Crippen LogP contribution < -0.4 is 14.1 Å². The highest BCUT2D eigenvalue weighted by Crippen LogP contribution is 2.50. The Morgan fingerprint density at radius 2 is 1.67 bits per heavy atom. The predicted octanol–water partition coefficient (Wildman–Crippen LogP) is 1.73. The molecular weight excluding hydrogens is 272 g/mol. The Labute approximate surface area is 93.8 Å². The number of hydrogen-bond donors (Lipinski definition) is 1. The molecule has 15 heavy (non-hydrogen) atoms. The van der Waals surface area contributed by atoms with E-state index in [9.17, 15) is 12.8 Å². The second-order valence-corrected chi connectivity index (χ2v) is 4.49. The van der Waals surface area contributed by atoms with Crippen molar-refractivity contribution in [2.24, 2.45) is 0 Å². The first kappa shape index (κ1) is 10.6. The topological polar surface area (TPSA) is 78.6 Å². The van der Waals surface area contributed by atoms with Gasteiger partial charge in [0.15, 0.2) is 5.82 Å². The van der Waals surface area contributed by atoms with Gasteiger partial charge in [-0.1, -0.05) is 23.2 Å². The predicted molar refractivity (Wildman–Crippen MR) is 51.0 cm³/mol. The van der Waals surface area contributed by atoms with Gasteiger partial charge in [-0.25, -0.2) is 4.39 Å². The second kappa shape index (κ2) is 3.03. The molecule has 0 amide bonds. The molecule has 0 spiro atoms. The highest BCUT2D eigenvalue weighted by Gasteiger charge is 2.36. The van der Waals surface area contributed by atoms with E-state index in [1.165, 1.54) is 0 Å². The summed E-state index contributed by atoms with van der Waals surface area (Å²) in [6.45, 7) is 0. The molecule has 1 aliphatic heterocycles. The SMILES string of the molecule is Nc1c(Cl)c(F)c(Cl)c2c1OS(=O)(=O)O2. The van der Waals surface area contributed by atoms with Crippen molar-refractivity contribution in [1.29, 1.82) is 0 Å². The van der Waals surface area contributed by atoms with Gasteiger partial charge >= 0.3 is 10.4 Å². The molecule has 82 valence electrons. The zero-order valence-corrected chi connectivity index (χ0v) is 9.08. The summed E-state index contributed by atoms with van der Waals surface area (Å²) in [4.78, 5) is 0. The zero-order chi connectivity index (χ0) is 11.4. The van der Waals surface area contributed by atoms with Crippen LogP contribution >= 0.6 is 23.2 Å². The van der Waals surface area contributed by atoms with Crippen molar-refractivity contribution in [3.8, 4) is 11.5 Å². The van der Waals surface area contributed by atoms with Gasteiger partial charge in [0.05, 0.1) is 0 Å². The molecule has 0 saturated carbocycles. The number of anilines is 1. The standard InChI is InChI=1S/C6H2Cl2FNO4S/c7-1-3(9)2(8)5-6(4(1)10)14-15(11,12)13-5/h10H2. The zero-order valence-electron chi connectivity index (χ0n) is 6.75. The van der Waals surface area contributed by atoms with Gasteiger partial charge in [0.2, 0.25) is 11.5 Å². The van der Waals surface area contributed by atoms with Crippen LogP contribution in [0.1, 0.15) is 0 Å². The first-order valence-electron chi connectivity index (χ1n) is 3.43. The third-order valence-electron chi connectivity index (χ3n) is 1.64. The minimum absolute atomic E-state index is 0.380.